The van der Waals surface area contributed by atoms with Gasteiger partial charge in [-0.2, -0.15) is 0 Å². The average Bonchev–Trinajstić information content (AvgIpc) is 3.33. The van der Waals surface area contributed by atoms with Crippen molar-refractivity contribution in [1.29, 1.82) is 0 Å². The first kappa shape index (κ1) is 15.6. The molecule has 0 atom stereocenters. The molecule has 5 nitrogen and oxygen atoms in total. The minimum absolute atomic E-state index is 0.126. The van der Waals surface area contributed by atoms with E-state index in [1.165, 1.54) is 30.6 Å². The zero-order valence-electron chi connectivity index (χ0n) is 13.2. The van der Waals surface area contributed by atoms with Crippen molar-refractivity contribution in [2.45, 2.75) is 0 Å². The summed E-state index contributed by atoms with van der Waals surface area (Å²) in [6.45, 7) is 0.126. The normalized spacial score (nSPS) is 14.1. The first-order valence-corrected chi connectivity index (χ1v) is 8.39. The number of carbonyl (C=O) groups excluding carboxylic acids is 1. The molecule has 3 aromatic rings. The molecule has 0 saturated heterocycles. The molecule has 1 aromatic carbocycles. The lowest BCUT2D eigenvalue weighted by atomic mass is 10.2. The van der Waals surface area contributed by atoms with Crippen LogP contribution in [0.3, 0.4) is 0 Å². The second kappa shape index (κ2) is 6.18. The molecule has 0 aliphatic carbocycles. The van der Waals surface area contributed by atoms with E-state index < -0.39 is 5.97 Å². The number of methoxy groups -OCH3 is 1. The highest BCUT2D eigenvalue weighted by Crippen LogP contribution is 2.32. The third kappa shape index (κ3) is 2.72. The van der Waals surface area contributed by atoms with Gasteiger partial charge in [0.1, 0.15) is 10.8 Å². The van der Waals surface area contributed by atoms with Crippen molar-refractivity contribution in [1.82, 2.24) is 9.55 Å². The topological polar surface area (TPSA) is 53.4 Å². The summed E-state index contributed by atoms with van der Waals surface area (Å²) in [5, 5.41) is 2.64. The number of benzene rings is 1. The van der Waals surface area contributed by atoms with Crippen LogP contribution in [0, 0.1) is 5.82 Å². The Morgan fingerprint density at radius 2 is 2.08 bits per heavy atom. The van der Waals surface area contributed by atoms with Crippen molar-refractivity contribution >= 4 is 23.0 Å². The van der Waals surface area contributed by atoms with E-state index in [9.17, 15) is 9.18 Å². The number of aromatic nitrogens is 2. The van der Waals surface area contributed by atoms with Gasteiger partial charge in [-0.25, -0.2) is 14.2 Å². The first-order valence-electron chi connectivity index (χ1n) is 7.51. The van der Waals surface area contributed by atoms with Gasteiger partial charge in [-0.3, -0.25) is 0 Å². The fourth-order valence-corrected chi connectivity index (χ4v) is 3.51. The Balaban J connectivity index is 1.74. The maximum absolute atomic E-state index is 13.1. The van der Waals surface area contributed by atoms with Gasteiger partial charge in [-0.05, 0) is 36.4 Å². The van der Waals surface area contributed by atoms with E-state index in [2.05, 4.69) is 4.98 Å². The van der Waals surface area contributed by atoms with Crippen LogP contribution in [0.4, 0.5) is 4.39 Å². The predicted octanol–water partition coefficient (Wildman–Crippen LogP) is 3.79. The Labute approximate surface area is 147 Å². The van der Waals surface area contributed by atoms with E-state index in [4.69, 9.17) is 9.47 Å². The van der Waals surface area contributed by atoms with E-state index in [0.717, 1.165) is 22.0 Å². The molecule has 1 aliphatic rings. The lowest BCUT2D eigenvalue weighted by Gasteiger charge is -2.07. The zero-order valence-corrected chi connectivity index (χ0v) is 14.0. The molecule has 3 heterocycles. The number of hydrogen-bond acceptors (Lipinski definition) is 5. The summed E-state index contributed by atoms with van der Waals surface area (Å²) in [5.74, 6) is -0.228. The van der Waals surface area contributed by atoms with Gasteiger partial charge < -0.3 is 14.0 Å². The molecule has 0 radical (unpaired) electrons. The van der Waals surface area contributed by atoms with E-state index in [1.807, 2.05) is 17.5 Å². The van der Waals surface area contributed by atoms with Gasteiger partial charge in [-0.15, -0.1) is 11.3 Å². The molecule has 0 bridgehead atoms. The number of halogens is 1. The molecule has 1 aliphatic heterocycles. The number of nitrogens with zero attached hydrogens (tertiary/aromatic N) is 2. The molecule has 0 N–H and O–H groups in total. The molecule has 0 saturated carbocycles. The molecule has 7 heteroatoms. The third-order valence-corrected chi connectivity index (χ3v) is 4.76. The highest BCUT2D eigenvalue weighted by Gasteiger charge is 2.29. The van der Waals surface area contributed by atoms with Crippen LogP contribution in [0.2, 0.25) is 0 Å². The Kier molecular flexibility index (Phi) is 3.85. The fraction of sp³-hybridized carbons (Fsp3) is 0.111. The fourth-order valence-electron chi connectivity index (χ4n) is 2.66. The standard InChI is InChI=1S/C18H13FN2O3S/c1-23-15-9-24-18(22)16(15)21-8-2-3-14(21)17-20-13(10-25-17)11-4-6-12(19)7-5-11/h2-8,10H,9H2,1H3. The molecular formula is C18H13FN2O3S. The monoisotopic (exact) mass is 356 g/mol. The van der Waals surface area contributed by atoms with Crippen molar-refractivity contribution in [3.63, 3.8) is 0 Å². The van der Waals surface area contributed by atoms with Crippen LogP contribution in [0.15, 0.2) is 53.7 Å². The Morgan fingerprint density at radius 3 is 2.84 bits per heavy atom. The molecule has 2 aromatic heterocycles. The average molecular weight is 356 g/mol. The second-order valence-corrected chi connectivity index (χ2v) is 6.22. The molecular weight excluding hydrogens is 343 g/mol. The molecule has 0 fully saturated rings. The van der Waals surface area contributed by atoms with Gasteiger partial charge in [0, 0.05) is 17.1 Å². The lowest BCUT2D eigenvalue weighted by Crippen LogP contribution is -2.07. The summed E-state index contributed by atoms with van der Waals surface area (Å²) in [6, 6.07) is 9.89. The van der Waals surface area contributed by atoms with Crippen molar-refractivity contribution in [2.75, 3.05) is 13.7 Å². The Hall–Kier alpha value is -2.93. The summed E-state index contributed by atoms with van der Waals surface area (Å²) in [4.78, 5) is 16.7. The number of thiazole rings is 1. The van der Waals surface area contributed by atoms with Crippen LogP contribution in [0.5, 0.6) is 0 Å². The van der Waals surface area contributed by atoms with E-state index in [-0.39, 0.29) is 12.4 Å². The van der Waals surface area contributed by atoms with Crippen molar-refractivity contribution in [3.8, 4) is 22.0 Å². The molecule has 126 valence electrons. The van der Waals surface area contributed by atoms with Gasteiger partial charge in [-0.1, -0.05) is 0 Å². The van der Waals surface area contributed by atoms with Crippen LogP contribution < -0.4 is 0 Å². The highest BCUT2D eigenvalue weighted by molar-refractivity contribution is 7.13. The van der Waals surface area contributed by atoms with Crippen molar-refractivity contribution < 1.29 is 18.7 Å². The third-order valence-electron chi connectivity index (χ3n) is 3.89. The predicted molar refractivity (Wildman–Crippen MR) is 92.1 cm³/mol. The quantitative estimate of drug-likeness (QED) is 0.668. The second-order valence-electron chi connectivity index (χ2n) is 5.36. The van der Waals surface area contributed by atoms with Crippen molar-refractivity contribution in [3.05, 3.63) is 59.6 Å². The van der Waals surface area contributed by atoms with Gasteiger partial charge in [0.15, 0.2) is 18.1 Å². The van der Waals surface area contributed by atoms with Gasteiger partial charge in [0.25, 0.3) is 0 Å². The van der Waals surface area contributed by atoms with E-state index in [0.29, 0.717) is 11.5 Å². The molecule has 0 unspecified atom stereocenters. The minimum atomic E-state index is -0.426. The highest BCUT2D eigenvalue weighted by atomic mass is 32.1. The number of carbonyl (C=O) groups is 1. The molecule has 0 amide bonds. The summed E-state index contributed by atoms with van der Waals surface area (Å²) >= 11 is 1.45. The van der Waals surface area contributed by atoms with Crippen LogP contribution in [0.1, 0.15) is 0 Å². The Morgan fingerprint density at radius 1 is 1.28 bits per heavy atom. The number of hydrogen-bond donors (Lipinski definition) is 0. The maximum Gasteiger partial charge on any atom is 0.359 e. The van der Waals surface area contributed by atoms with Gasteiger partial charge in [0.05, 0.1) is 18.5 Å². The zero-order chi connectivity index (χ0) is 17.4. The van der Waals surface area contributed by atoms with Crippen LogP contribution in [0.25, 0.3) is 27.7 Å². The van der Waals surface area contributed by atoms with E-state index >= 15 is 0 Å². The molecule has 25 heavy (non-hydrogen) atoms. The number of cyclic esters (lactones) is 1. The largest absolute Gasteiger partial charge is 0.495 e. The van der Waals surface area contributed by atoms with Crippen LogP contribution >= 0.6 is 11.3 Å². The SMILES string of the molecule is COC1=C(n2cccc2-c2nc(-c3ccc(F)cc3)cs2)C(=O)OC1. The van der Waals surface area contributed by atoms with Gasteiger partial charge >= 0.3 is 5.97 Å². The molecule has 4 rings (SSSR count). The summed E-state index contributed by atoms with van der Waals surface area (Å²) in [7, 11) is 1.51. The summed E-state index contributed by atoms with van der Waals surface area (Å²) in [5.41, 5.74) is 2.71. The smallest absolute Gasteiger partial charge is 0.359 e. The summed E-state index contributed by atoms with van der Waals surface area (Å²) < 4.78 is 25.1. The number of esters is 1. The Bertz CT molecular complexity index is 972. The van der Waals surface area contributed by atoms with Crippen LogP contribution in [-0.4, -0.2) is 29.2 Å². The van der Waals surface area contributed by atoms with Crippen LogP contribution in [-0.2, 0) is 14.3 Å². The van der Waals surface area contributed by atoms with Gasteiger partial charge in [0.2, 0.25) is 0 Å². The molecule has 0 spiro atoms. The van der Waals surface area contributed by atoms with Crippen molar-refractivity contribution in [2.24, 2.45) is 0 Å². The lowest BCUT2D eigenvalue weighted by molar-refractivity contribution is -0.134. The first-order chi connectivity index (χ1) is 12.2. The summed E-state index contributed by atoms with van der Waals surface area (Å²) in [6.07, 6.45) is 1.77. The van der Waals surface area contributed by atoms with E-state index in [1.54, 1.807) is 22.9 Å². The number of rotatable bonds is 4. The number of ether oxygens (including phenoxy) is 2. The maximum atomic E-state index is 13.1. The minimum Gasteiger partial charge on any atom is -0.495 e.